The topological polar surface area (TPSA) is 70.3 Å². The van der Waals surface area contributed by atoms with Gasteiger partial charge < -0.3 is 4.90 Å². The molecule has 0 radical (unpaired) electrons. The number of nitrogens with two attached hydrogens (primary N) is 1. The monoisotopic (exact) mass is 340 g/mol. The van der Waals surface area contributed by atoms with E-state index in [0.717, 1.165) is 23.4 Å². The van der Waals surface area contributed by atoms with Crippen molar-refractivity contribution in [2.24, 2.45) is 5.84 Å². The second kappa shape index (κ2) is 5.83. The third kappa shape index (κ3) is 2.62. The van der Waals surface area contributed by atoms with Crippen molar-refractivity contribution in [1.82, 2.24) is 14.9 Å². The number of hydrazine groups is 1. The Bertz CT molecular complexity index is 482. The van der Waals surface area contributed by atoms with E-state index in [-0.39, 0.29) is 0 Å². The van der Waals surface area contributed by atoms with Gasteiger partial charge in [-0.2, -0.15) is 4.98 Å². The summed E-state index contributed by atoms with van der Waals surface area (Å²) < 4.78 is 0.924. The highest BCUT2D eigenvalue weighted by molar-refractivity contribution is 9.10. The fourth-order valence-electron chi connectivity index (χ4n) is 3.28. The Morgan fingerprint density at radius 1 is 1.40 bits per heavy atom. The molecule has 1 aromatic heterocycles. The van der Waals surface area contributed by atoms with Crippen LogP contribution in [0.25, 0.3) is 0 Å². The maximum absolute atomic E-state index is 5.42. The van der Waals surface area contributed by atoms with E-state index in [1.54, 1.807) is 6.20 Å². The number of anilines is 2. The van der Waals surface area contributed by atoms with Crippen LogP contribution in [0.3, 0.4) is 0 Å². The van der Waals surface area contributed by atoms with Gasteiger partial charge in [-0.3, -0.25) is 10.3 Å². The molecule has 7 heteroatoms. The molecular weight excluding hydrogens is 320 g/mol. The average Bonchev–Trinajstić information content (AvgIpc) is 2.47. The number of hydrogen-bond acceptors (Lipinski definition) is 6. The Kier molecular flexibility index (Phi) is 4.09. The normalized spacial score (nSPS) is 27.2. The predicted octanol–water partition coefficient (Wildman–Crippen LogP) is 1.59. The molecule has 2 aliphatic heterocycles. The highest BCUT2D eigenvalue weighted by atomic mass is 79.9. The molecule has 2 unspecified atom stereocenters. The maximum Gasteiger partial charge on any atom is 0.239 e. The number of nitrogens with zero attached hydrogens (tertiary/aromatic N) is 4. The lowest BCUT2D eigenvalue weighted by molar-refractivity contribution is 0.115. The van der Waals surface area contributed by atoms with E-state index in [2.05, 4.69) is 48.0 Å². The number of piperidine rings is 1. The van der Waals surface area contributed by atoms with Crippen LogP contribution in [0.4, 0.5) is 11.8 Å². The van der Waals surface area contributed by atoms with Crippen LogP contribution in [0.2, 0.25) is 0 Å². The van der Waals surface area contributed by atoms with Crippen LogP contribution in [0.15, 0.2) is 10.7 Å². The van der Waals surface area contributed by atoms with Crippen molar-refractivity contribution in [3.63, 3.8) is 0 Å². The summed E-state index contributed by atoms with van der Waals surface area (Å²) in [6.07, 6.45) is 5.72. The lowest BCUT2D eigenvalue weighted by Gasteiger charge is -2.48. The van der Waals surface area contributed by atoms with Gasteiger partial charge in [0.2, 0.25) is 5.95 Å². The number of aromatic nitrogens is 2. The lowest BCUT2D eigenvalue weighted by atomic mass is 9.97. The van der Waals surface area contributed by atoms with Crippen molar-refractivity contribution in [2.75, 3.05) is 30.0 Å². The van der Waals surface area contributed by atoms with E-state index in [1.807, 2.05) is 0 Å². The van der Waals surface area contributed by atoms with Crippen molar-refractivity contribution in [3.05, 3.63) is 10.7 Å². The Hall–Kier alpha value is -0.920. The third-order valence-corrected chi connectivity index (χ3v) is 4.87. The van der Waals surface area contributed by atoms with Gasteiger partial charge >= 0.3 is 0 Å². The molecule has 0 aromatic carbocycles. The third-order valence-electron chi connectivity index (χ3n) is 4.31. The van der Waals surface area contributed by atoms with Gasteiger partial charge in [-0.05, 0) is 42.2 Å². The molecule has 2 fully saturated rings. The van der Waals surface area contributed by atoms with Crippen LogP contribution in [-0.2, 0) is 0 Å². The van der Waals surface area contributed by atoms with E-state index >= 15 is 0 Å². The molecule has 6 nitrogen and oxygen atoms in total. The number of rotatable bonds is 2. The Balaban J connectivity index is 1.85. The molecule has 0 bridgehead atoms. The molecule has 1 aromatic rings. The summed E-state index contributed by atoms with van der Waals surface area (Å²) in [5.74, 6) is 6.82. The maximum atomic E-state index is 5.42. The summed E-state index contributed by atoms with van der Waals surface area (Å²) in [5, 5.41) is 0. The molecule has 0 spiro atoms. The number of fused-ring (bicyclic) bond motifs is 1. The summed E-state index contributed by atoms with van der Waals surface area (Å²) in [7, 11) is 0. The second-order valence-corrected chi connectivity index (χ2v) is 6.51. The molecule has 0 amide bonds. The van der Waals surface area contributed by atoms with Gasteiger partial charge in [0.1, 0.15) is 5.82 Å². The standard InChI is InChI=1S/C13H21BrN6/c1-9-7-19-5-3-2-4-10(19)8-20(9)12-11(14)6-16-13(17-12)18-15/h6,9-10H,2-5,7-8,15H2,1H3,(H,16,17,18). The van der Waals surface area contributed by atoms with Gasteiger partial charge in [0.25, 0.3) is 0 Å². The molecule has 3 rings (SSSR count). The van der Waals surface area contributed by atoms with Gasteiger partial charge in [-0.15, -0.1) is 0 Å². The van der Waals surface area contributed by atoms with Gasteiger partial charge in [-0.1, -0.05) is 6.42 Å². The van der Waals surface area contributed by atoms with Crippen LogP contribution in [0.5, 0.6) is 0 Å². The fraction of sp³-hybridized carbons (Fsp3) is 0.692. The van der Waals surface area contributed by atoms with Crippen LogP contribution < -0.4 is 16.2 Å². The number of nitrogens with one attached hydrogen (secondary N) is 1. The second-order valence-electron chi connectivity index (χ2n) is 5.66. The smallest absolute Gasteiger partial charge is 0.239 e. The molecule has 3 heterocycles. The van der Waals surface area contributed by atoms with E-state index in [1.165, 1.54) is 25.8 Å². The summed E-state index contributed by atoms with van der Waals surface area (Å²) in [6, 6.07) is 1.09. The first-order chi connectivity index (χ1) is 9.69. The van der Waals surface area contributed by atoms with Crippen LogP contribution in [-0.4, -0.2) is 46.6 Å². The molecule has 2 aliphatic rings. The Morgan fingerprint density at radius 3 is 3.05 bits per heavy atom. The molecule has 3 N–H and O–H groups in total. The quantitative estimate of drug-likeness (QED) is 0.629. The zero-order valence-electron chi connectivity index (χ0n) is 11.7. The summed E-state index contributed by atoms with van der Waals surface area (Å²) >= 11 is 3.56. The number of hydrogen-bond donors (Lipinski definition) is 2. The summed E-state index contributed by atoms with van der Waals surface area (Å²) in [4.78, 5) is 13.6. The number of halogens is 1. The van der Waals surface area contributed by atoms with Gasteiger partial charge in [0.15, 0.2) is 0 Å². The Labute approximate surface area is 127 Å². The van der Waals surface area contributed by atoms with Crippen molar-refractivity contribution in [3.8, 4) is 0 Å². The molecule has 20 heavy (non-hydrogen) atoms. The SMILES string of the molecule is CC1CN2CCCCC2CN1c1nc(NN)ncc1Br. The minimum absolute atomic E-state index is 0.446. The zero-order chi connectivity index (χ0) is 14.1. The molecule has 110 valence electrons. The zero-order valence-corrected chi connectivity index (χ0v) is 13.3. The number of piperazine rings is 1. The molecule has 0 aliphatic carbocycles. The predicted molar refractivity (Wildman–Crippen MR) is 83.6 cm³/mol. The highest BCUT2D eigenvalue weighted by Gasteiger charge is 2.34. The summed E-state index contributed by atoms with van der Waals surface area (Å²) in [6.45, 7) is 5.63. The first-order valence-electron chi connectivity index (χ1n) is 7.19. The van der Waals surface area contributed by atoms with Crippen LogP contribution >= 0.6 is 15.9 Å². The van der Waals surface area contributed by atoms with Crippen LogP contribution in [0, 0.1) is 0 Å². The van der Waals surface area contributed by atoms with Crippen molar-refractivity contribution < 1.29 is 0 Å². The van der Waals surface area contributed by atoms with Crippen molar-refractivity contribution in [1.29, 1.82) is 0 Å². The molecular formula is C13H21BrN6. The molecule has 2 atom stereocenters. The fourth-order valence-corrected chi connectivity index (χ4v) is 3.70. The van der Waals surface area contributed by atoms with Crippen LogP contribution in [0.1, 0.15) is 26.2 Å². The summed E-state index contributed by atoms with van der Waals surface area (Å²) in [5.41, 5.74) is 2.52. The van der Waals surface area contributed by atoms with Crippen molar-refractivity contribution in [2.45, 2.75) is 38.3 Å². The van der Waals surface area contributed by atoms with Gasteiger partial charge in [0, 0.05) is 31.4 Å². The van der Waals surface area contributed by atoms with E-state index < -0.39 is 0 Å². The minimum Gasteiger partial charge on any atom is -0.350 e. The molecule has 0 saturated carbocycles. The molecule has 2 saturated heterocycles. The Morgan fingerprint density at radius 2 is 2.25 bits per heavy atom. The average molecular weight is 341 g/mol. The van der Waals surface area contributed by atoms with E-state index in [0.29, 0.717) is 18.0 Å². The minimum atomic E-state index is 0.446. The van der Waals surface area contributed by atoms with Gasteiger partial charge in [0.05, 0.1) is 4.47 Å². The van der Waals surface area contributed by atoms with Crippen molar-refractivity contribution >= 4 is 27.7 Å². The first kappa shape index (κ1) is 14.0. The van der Waals surface area contributed by atoms with E-state index in [4.69, 9.17) is 5.84 Å². The van der Waals surface area contributed by atoms with Gasteiger partial charge in [-0.25, -0.2) is 10.8 Å². The highest BCUT2D eigenvalue weighted by Crippen LogP contribution is 2.31. The van der Waals surface area contributed by atoms with E-state index in [9.17, 15) is 0 Å². The lowest BCUT2D eigenvalue weighted by Crippen LogP contribution is -2.59. The largest absolute Gasteiger partial charge is 0.350 e. The number of nitrogen functional groups attached to an aromatic ring is 1. The first-order valence-corrected chi connectivity index (χ1v) is 7.98.